The molecule has 0 spiro atoms. The average molecular weight is 349 g/mol. The van der Waals surface area contributed by atoms with Gasteiger partial charge in [0.2, 0.25) is 17.8 Å². The van der Waals surface area contributed by atoms with Crippen LogP contribution in [0, 0.1) is 5.92 Å². The Bertz CT molecular complexity index is 603. The van der Waals surface area contributed by atoms with Crippen molar-refractivity contribution in [2.45, 2.75) is 12.8 Å². The number of aromatic nitrogens is 2. The Morgan fingerprint density at radius 3 is 2.58 bits per heavy atom. The summed E-state index contributed by atoms with van der Waals surface area (Å²) in [4.78, 5) is 46.9. The highest BCUT2D eigenvalue weighted by Gasteiger charge is 2.30. The minimum absolute atomic E-state index is 0.0182. The van der Waals surface area contributed by atoms with Crippen LogP contribution in [0.15, 0.2) is 18.5 Å². The Labute approximate surface area is 144 Å². The fourth-order valence-electron chi connectivity index (χ4n) is 2.83. The summed E-state index contributed by atoms with van der Waals surface area (Å²) in [7, 11) is 0. The van der Waals surface area contributed by atoms with Crippen LogP contribution in [0.2, 0.25) is 0 Å². The van der Waals surface area contributed by atoms with Gasteiger partial charge in [0, 0.05) is 44.5 Å². The van der Waals surface area contributed by atoms with E-state index in [1.807, 2.05) is 0 Å². The quantitative estimate of drug-likeness (QED) is 0.827. The van der Waals surface area contributed by atoms with Crippen molar-refractivity contribution in [3.8, 4) is 0 Å². The predicted octanol–water partition coefficient (Wildman–Crippen LogP) is 0.505. The summed E-state index contributed by atoms with van der Waals surface area (Å²) in [5.41, 5.74) is 0. The van der Waals surface area contributed by atoms with Gasteiger partial charge in [0.25, 0.3) is 5.24 Å². The molecule has 3 amide bonds. The molecule has 0 atom stereocenters. The maximum absolute atomic E-state index is 12.2. The lowest BCUT2D eigenvalue weighted by atomic mass is 9.96. The Morgan fingerprint density at radius 1 is 1.25 bits per heavy atom. The summed E-state index contributed by atoms with van der Waals surface area (Å²) in [6.07, 6.45) is 4.89. The highest BCUT2D eigenvalue weighted by Crippen LogP contribution is 2.20. The molecule has 0 aromatic carbocycles. The highest BCUT2D eigenvalue weighted by molar-refractivity contribution is 8.14. The number of imide groups is 1. The van der Waals surface area contributed by atoms with Gasteiger partial charge in [-0.1, -0.05) is 11.8 Å². The normalized spacial score (nSPS) is 19.0. The van der Waals surface area contributed by atoms with Crippen molar-refractivity contribution in [3.05, 3.63) is 18.5 Å². The van der Waals surface area contributed by atoms with Gasteiger partial charge in [-0.2, -0.15) is 0 Å². The molecule has 8 nitrogen and oxygen atoms in total. The van der Waals surface area contributed by atoms with E-state index in [2.05, 4.69) is 20.2 Å². The molecule has 1 aromatic heterocycles. The van der Waals surface area contributed by atoms with Gasteiger partial charge in [-0.05, 0) is 18.9 Å². The molecule has 0 saturated carbocycles. The summed E-state index contributed by atoms with van der Waals surface area (Å²) in [6, 6.07) is 1.78. The number of anilines is 1. The van der Waals surface area contributed by atoms with Crippen LogP contribution in [0.5, 0.6) is 0 Å². The smallest absolute Gasteiger partial charge is 0.288 e. The third kappa shape index (κ3) is 3.84. The van der Waals surface area contributed by atoms with E-state index in [1.165, 1.54) is 4.90 Å². The van der Waals surface area contributed by atoms with Crippen molar-refractivity contribution >= 4 is 34.8 Å². The molecule has 0 bridgehead atoms. The molecule has 9 heteroatoms. The van der Waals surface area contributed by atoms with Gasteiger partial charge >= 0.3 is 0 Å². The van der Waals surface area contributed by atoms with Crippen LogP contribution in [-0.2, 0) is 9.59 Å². The number of piperidine rings is 1. The molecular weight excluding hydrogens is 330 g/mol. The van der Waals surface area contributed by atoms with Gasteiger partial charge in [0.15, 0.2) is 0 Å². The molecule has 2 aliphatic rings. The number of rotatable bonds is 5. The second-order valence-corrected chi connectivity index (χ2v) is 6.63. The maximum atomic E-state index is 12.2. The zero-order valence-electron chi connectivity index (χ0n) is 13.2. The number of hydrogen-bond donors (Lipinski definition) is 1. The van der Waals surface area contributed by atoms with Crippen LogP contribution in [-0.4, -0.2) is 63.9 Å². The summed E-state index contributed by atoms with van der Waals surface area (Å²) in [5.74, 6) is 0.641. The standard InChI is InChI=1S/C15H19N5O3S/c21-12-10-24-15(23)20(12)9-6-16-13(22)11-2-7-19(8-3-11)14-17-4-1-5-18-14/h1,4-5,11H,2-3,6-10H2,(H,16,22). The van der Waals surface area contributed by atoms with E-state index in [0.29, 0.717) is 12.5 Å². The fraction of sp³-hybridized carbons (Fsp3) is 0.533. The van der Waals surface area contributed by atoms with Crippen molar-refractivity contribution in [1.82, 2.24) is 20.2 Å². The largest absolute Gasteiger partial charge is 0.354 e. The number of hydrogen-bond acceptors (Lipinski definition) is 7. The first-order valence-corrected chi connectivity index (χ1v) is 8.90. The van der Waals surface area contributed by atoms with Crippen LogP contribution < -0.4 is 10.2 Å². The van der Waals surface area contributed by atoms with E-state index in [1.54, 1.807) is 18.5 Å². The van der Waals surface area contributed by atoms with Crippen LogP contribution in [0.25, 0.3) is 0 Å². The fourth-order valence-corrected chi connectivity index (χ4v) is 3.58. The molecular formula is C15H19N5O3S. The van der Waals surface area contributed by atoms with E-state index in [0.717, 1.165) is 37.7 Å². The second kappa shape index (κ2) is 7.61. The number of carbonyl (C=O) groups is 3. The zero-order chi connectivity index (χ0) is 16.9. The van der Waals surface area contributed by atoms with Crippen LogP contribution in [0.1, 0.15) is 12.8 Å². The van der Waals surface area contributed by atoms with Gasteiger partial charge in [0.05, 0.1) is 5.75 Å². The summed E-state index contributed by atoms with van der Waals surface area (Å²) in [5, 5.41) is 2.60. The molecule has 2 saturated heterocycles. The van der Waals surface area contributed by atoms with Crippen molar-refractivity contribution in [2.24, 2.45) is 5.92 Å². The monoisotopic (exact) mass is 349 g/mol. The molecule has 2 fully saturated rings. The third-order valence-electron chi connectivity index (χ3n) is 4.18. The van der Waals surface area contributed by atoms with Gasteiger partial charge in [-0.3, -0.25) is 19.3 Å². The number of carbonyl (C=O) groups excluding carboxylic acids is 3. The lowest BCUT2D eigenvalue weighted by Gasteiger charge is -2.31. The van der Waals surface area contributed by atoms with Crippen LogP contribution in [0.4, 0.5) is 10.7 Å². The van der Waals surface area contributed by atoms with Gasteiger partial charge in [-0.25, -0.2) is 9.97 Å². The van der Waals surface area contributed by atoms with Crippen molar-refractivity contribution in [1.29, 1.82) is 0 Å². The number of nitrogens with zero attached hydrogens (tertiary/aromatic N) is 4. The Morgan fingerprint density at radius 2 is 1.96 bits per heavy atom. The number of nitrogens with one attached hydrogen (secondary N) is 1. The molecule has 128 valence electrons. The first-order valence-electron chi connectivity index (χ1n) is 7.92. The third-order valence-corrected chi connectivity index (χ3v) is 5.03. The lowest BCUT2D eigenvalue weighted by molar-refractivity contribution is -0.127. The van der Waals surface area contributed by atoms with Crippen molar-refractivity contribution in [3.63, 3.8) is 0 Å². The Kier molecular flexibility index (Phi) is 5.29. The summed E-state index contributed by atoms with van der Waals surface area (Å²) < 4.78 is 0. The van der Waals surface area contributed by atoms with Crippen LogP contribution in [0.3, 0.4) is 0 Å². The number of thioether (sulfide) groups is 1. The first-order chi connectivity index (χ1) is 11.6. The molecule has 3 rings (SSSR count). The van der Waals surface area contributed by atoms with Crippen LogP contribution >= 0.6 is 11.8 Å². The van der Waals surface area contributed by atoms with E-state index in [4.69, 9.17) is 0 Å². The molecule has 0 aliphatic carbocycles. The second-order valence-electron chi connectivity index (χ2n) is 5.70. The average Bonchev–Trinajstić information content (AvgIpc) is 2.94. The molecule has 1 N–H and O–H groups in total. The highest BCUT2D eigenvalue weighted by atomic mass is 32.2. The molecule has 0 unspecified atom stereocenters. The lowest BCUT2D eigenvalue weighted by Crippen LogP contribution is -2.43. The van der Waals surface area contributed by atoms with Crippen molar-refractivity contribution in [2.75, 3.05) is 36.8 Å². The van der Waals surface area contributed by atoms with Gasteiger partial charge in [-0.15, -0.1) is 0 Å². The molecule has 24 heavy (non-hydrogen) atoms. The molecule has 2 aliphatic heterocycles. The summed E-state index contributed by atoms with van der Waals surface area (Å²) in [6.45, 7) is 2.02. The van der Waals surface area contributed by atoms with E-state index >= 15 is 0 Å². The van der Waals surface area contributed by atoms with E-state index in [9.17, 15) is 14.4 Å². The SMILES string of the molecule is O=C(NCCN1C(=O)CSC1=O)C1CCN(c2ncccn2)CC1. The topological polar surface area (TPSA) is 95.5 Å². The molecule has 0 radical (unpaired) electrons. The van der Waals surface area contributed by atoms with E-state index in [-0.39, 0.29) is 35.3 Å². The molecule has 3 heterocycles. The van der Waals surface area contributed by atoms with Gasteiger partial charge in [0.1, 0.15) is 0 Å². The maximum Gasteiger partial charge on any atom is 0.288 e. The Balaban J connectivity index is 1.41. The first kappa shape index (κ1) is 16.7. The van der Waals surface area contributed by atoms with Gasteiger partial charge < -0.3 is 10.2 Å². The molecule has 1 aromatic rings. The number of amides is 3. The summed E-state index contributed by atoms with van der Waals surface area (Å²) >= 11 is 1.01. The minimum Gasteiger partial charge on any atom is -0.354 e. The van der Waals surface area contributed by atoms with Crippen molar-refractivity contribution < 1.29 is 14.4 Å². The minimum atomic E-state index is -0.231. The van der Waals surface area contributed by atoms with E-state index < -0.39 is 0 Å². The Hall–Kier alpha value is -2.16. The zero-order valence-corrected chi connectivity index (χ0v) is 14.0. The predicted molar refractivity (Wildman–Crippen MR) is 89.5 cm³/mol.